The summed E-state index contributed by atoms with van der Waals surface area (Å²) in [7, 11) is -3.89. The van der Waals surface area contributed by atoms with Gasteiger partial charge >= 0.3 is 0 Å². The number of hydrogen-bond acceptors (Lipinski definition) is 7. The van der Waals surface area contributed by atoms with E-state index >= 15 is 0 Å². The number of carbonyl (C=O) groups is 2. The molecule has 0 spiro atoms. The van der Waals surface area contributed by atoms with Crippen LogP contribution in [0.25, 0.3) is 0 Å². The first-order chi connectivity index (χ1) is 14.8. The molecule has 1 aromatic heterocycles. The number of sulfonamides is 1. The Labute approximate surface area is 180 Å². The topological polar surface area (TPSA) is 127 Å². The predicted octanol–water partition coefficient (Wildman–Crippen LogP) is 2.57. The number of nitrogens with zero attached hydrogens (tertiary/aromatic N) is 2. The van der Waals surface area contributed by atoms with E-state index in [4.69, 9.17) is 4.74 Å². The van der Waals surface area contributed by atoms with Crippen molar-refractivity contribution in [1.82, 2.24) is 9.97 Å². The molecule has 0 radical (unpaired) electrons. The lowest BCUT2D eigenvalue weighted by atomic mass is 9.80. The van der Waals surface area contributed by atoms with Crippen molar-refractivity contribution in [1.29, 1.82) is 0 Å². The lowest BCUT2D eigenvalue weighted by Crippen LogP contribution is -2.39. The summed E-state index contributed by atoms with van der Waals surface area (Å²) in [5.74, 6) is -1.08. The minimum absolute atomic E-state index is 0.0156. The van der Waals surface area contributed by atoms with Crippen molar-refractivity contribution in [3.05, 3.63) is 54.1 Å². The molecule has 31 heavy (non-hydrogen) atoms. The van der Waals surface area contributed by atoms with Crippen LogP contribution in [-0.4, -0.2) is 36.2 Å². The van der Waals surface area contributed by atoms with Crippen molar-refractivity contribution in [3.63, 3.8) is 0 Å². The highest BCUT2D eigenvalue weighted by Crippen LogP contribution is 2.33. The quantitative estimate of drug-likeness (QED) is 0.681. The van der Waals surface area contributed by atoms with Gasteiger partial charge < -0.3 is 10.1 Å². The average Bonchev–Trinajstić information content (AvgIpc) is 2.74. The van der Waals surface area contributed by atoms with Crippen molar-refractivity contribution in [2.45, 2.75) is 43.6 Å². The lowest BCUT2D eigenvalue weighted by Gasteiger charge is -2.33. The van der Waals surface area contributed by atoms with E-state index in [1.54, 1.807) is 13.0 Å². The minimum atomic E-state index is -3.89. The Bertz CT molecular complexity index is 1140. The number of ketones is 1. The Morgan fingerprint density at radius 2 is 1.87 bits per heavy atom. The Hall–Kier alpha value is -3.27. The van der Waals surface area contributed by atoms with Crippen LogP contribution < -0.4 is 10.0 Å². The summed E-state index contributed by atoms with van der Waals surface area (Å²) in [6.45, 7) is 1.73. The normalized spacial score (nSPS) is 20.8. The molecular formula is C21H22N4O5S. The van der Waals surface area contributed by atoms with Crippen LogP contribution in [0, 0.1) is 12.8 Å². The van der Waals surface area contributed by atoms with E-state index in [0.29, 0.717) is 11.4 Å². The standard InChI is InChI=1S/C21H22N4O5S/c1-13-10-11-22-21(23-13)25-31(28,29)15-8-6-14(7-9-15)24-20(27)17-12-30-18-5-3-2-4-16(18)19(17)26/h6-12,16,18H,2-5H2,1H3,(H,24,27)(H,22,23,25). The maximum Gasteiger partial charge on any atom is 0.264 e. The summed E-state index contributed by atoms with van der Waals surface area (Å²) in [5, 5.41) is 2.63. The zero-order valence-electron chi connectivity index (χ0n) is 16.9. The summed E-state index contributed by atoms with van der Waals surface area (Å²) < 4.78 is 33.0. The third-order valence-electron chi connectivity index (χ3n) is 5.35. The number of nitrogens with one attached hydrogen (secondary N) is 2. The number of ether oxygens (including phenoxy) is 1. The Morgan fingerprint density at radius 1 is 1.13 bits per heavy atom. The van der Waals surface area contributed by atoms with Crippen LogP contribution in [0.5, 0.6) is 0 Å². The molecule has 1 amide bonds. The Kier molecular flexibility index (Phi) is 5.73. The van der Waals surface area contributed by atoms with Crippen LogP contribution >= 0.6 is 0 Å². The molecule has 1 fully saturated rings. The van der Waals surface area contributed by atoms with Crippen molar-refractivity contribution in [3.8, 4) is 0 Å². The van der Waals surface area contributed by atoms with Crippen LogP contribution in [0.1, 0.15) is 31.4 Å². The van der Waals surface area contributed by atoms with E-state index in [-0.39, 0.29) is 34.2 Å². The number of benzene rings is 1. The first-order valence-electron chi connectivity index (χ1n) is 9.97. The fourth-order valence-electron chi connectivity index (χ4n) is 3.73. The minimum Gasteiger partial charge on any atom is -0.496 e. The average molecular weight is 442 g/mol. The van der Waals surface area contributed by atoms with Gasteiger partial charge in [-0.3, -0.25) is 9.59 Å². The third-order valence-corrected chi connectivity index (χ3v) is 6.70. The van der Waals surface area contributed by atoms with Gasteiger partial charge in [-0.05, 0) is 56.5 Å². The van der Waals surface area contributed by atoms with Gasteiger partial charge in [0.05, 0.1) is 17.1 Å². The molecule has 2 atom stereocenters. The van der Waals surface area contributed by atoms with Crippen LogP contribution in [0.2, 0.25) is 0 Å². The summed E-state index contributed by atoms with van der Waals surface area (Å²) in [6, 6.07) is 7.24. The van der Waals surface area contributed by atoms with E-state index < -0.39 is 15.9 Å². The Morgan fingerprint density at radius 3 is 2.61 bits per heavy atom. The number of anilines is 2. The van der Waals surface area contributed by atoms with E-state index in [1.165, 1.54) is 36.7 Å². The highest BCUT2D eigenvalue weighted by atomic mass is 32.2. The third kappa shape index (κ3) is 4.58. The lowest BCUT2D eigenvalue weighted by molar-refractivity contribution is -0.129. The van der Waals surface area contributed by atoms with Gasteiger partial charge in [-0.2, -0.15) is 0 Å². The highest BCUT2D eigenvalue weighted by Gasteiger charge is 2.39. The van der Waals surface area contributed by atoms with Crippen LogP contribution in [-0.2, 0) is 24.3 Å². The molecule has 2 heterocycles. The second kappa shape index (κ2) is 8.46. The van der Waals surface area contributed by atoms with Gasteiger partial charge in [0.25, 0.3) is 15.9 Å². The fraction of sp³-hybridized carbons (Fsp3) is 0.333. The number of carbonyl (C=O) groups excluding carboxylic acids is 2. The zero-order valence-corrected chi connectivity index (χ0v) is 17.7. The molecule has 2 aromatic rings. The van der Waals surface area contributed by atoms with Crippen LogP contribution in [0.3, 0.4) is 0 Å². The SMILES string of the molecule is Cc1ccnc(NS(=O)(=O)c2ccc(NC(=O)C3=COC4CCCCC4C3=O)cc2)n1. The van der Waals surface area contributed by atoms with Gasteiger partial charge in [0.2, 0.25) is 5.95 Å². The molecule has 0 saturated heterocycles. The number of rotatable bonds is 5. The second-order valence-electron chi connectivity index (χ2n) is 7.57. The molecule has 0 bridgehead atoms. The van der Waals surface area contributed by atoms with Crippen LogP contribution in [0.15, 0.2) is 53.3 Å². The highest BCUT2D eigenvalue weighted by molar-refractivity contribution is 7.92. The van der Waals surface area contributed by atoms with Gasteiger partial charge in [-0.15, -0.1) is 0 Å². The number of Topliss-reactive ketones (excluding diaryl/α,β-unsaturated/α-hetero) is 1. The van der Waals surface area contributed by atoms with Gasteiger partial charge in [-0.1, -0.05) is 6.42 Å². The van der Waals surface area contributed by atoms with Crippen LogP contribution in [0.4, 0.5) is 11.6 Å². The van der Waals surface area contributed by atoms with Crippen molar-refractivity contribution in [2.75, 3.05) is 10.0 Å². The van der Waals surface area contributed by atoms with Crippen molar-refractivity contribution < 1.29 is 22.7 Å². The molecule has 2 unspecified atom stereocenters. The maximum atomic E-state index is 12.7. The van der Waals surface area contributed by atoms with E-state index in [0.717, 1.165) is 25.7 Å². The first kappa shape index (κ1) is 21.0. The monoisotopic (exact) mass is 442 g/mol. The first-order valence-corrected chi connectivity index (χ1v) is 11.5. The van der Waals surface area contributed by atoms with Gasteiger partial charge in [0.15, 0.2) is 5.78 Å². The molecule has 162 valence electrons. The van der Waals surface area contributed by atoms with Gasteiger partial charge in [-0.25, -0.2) is 23.1 Å². The molecule has 9 nitrogen and oxygen atoms in total. The summed E-state index contributed by atoms with van der Waals surface area (Å²) in [6.07, 6.45) is 6.06. The van der Waals surface area contributed by atoms with Gasteiger partial charge in [0.1, 0.15) is 11.7 Å². The Balaban J connectivity index is 1.44. The molecule has 4 rings (SSSR count). The smallest absolute Gasteiger partial charge is 0.264 e. The van der Waals surface area contributed by atoms with Crippen molar-refractivity contribution in [2.24, 2.45) is 5.92 Å². The van der Waals surface area contributed by atoms with E-state index in [1.807, 2.05) is 0 Å². The summed E-state index contributed by atoms with van der Waals surface area (Å²) in [4.78, 5) is 33.1. The number of fused-ring (bicyclic) bond motifs is 1. The molecule has 1 saturated carbocycles. The fourth-order valence-corrected chi connectivity index (χ4v) is 4.68. The molecule has 1 aliphatic carbocycles. The van der Waals surface area contributed by atoms with E-state index in [2.05, 4.69) is 20.0 Å². The number of aromatic nitrogens is 2. The molecular weight excluding hydrogens is 420 g/mol. The van der Waals surface area contributed by atoms with Gasteiger partial charge in [0, 0.05) is 17.6 Å². The second-order valence-corrected chi connectivity index (χ2v) is 9.25. The molecule has 1 aromatic carbocycles. The summed E-state index contributed by atoms with van der Waals surface area (Å²) >= 11 is 0. The summed E-state index contributed by atoms with van der Waals surface area (Å²) in [5.41, 5.74) is 0.967. The zero-order chi connectivity index (χ0) is 22.0. The molecule has 2 aliphatic rings. The number of hydrogen-bond donors (Lipinski definition) is 2. The van der Waals surface area contributed by atoms with E-state index in [9.17, 15) is 18.0 Å². The molecule has 10 heteroatoms. The predicted molar refractivity (Wildman–Crippen MR) is 113 cm³/mol. The van der Waals surface area contributed by atoms with Crippen molar-refractivity contribution >= 4 is 33.3 Å². The maximum absolute atomic E-state index is 12.7. The molecule has 2 N–H and O–H groups in total. The number of aryl methyl sites for hydroxylation is 1. The molecule has 1 aliphatic heterocycles. The largest absolute Gasteiger partial charge is 0.496 e. The number of amides is 1.